The van der Waals surface area contributed by atoms with Crippen LogP contribution in [0.15, 0.2) is 66.9 Å². The minimum atomic E-state index is -0.466. The number of rotatable bonds is 7. The van der Waals surface area contributed by atoms with E-state index in [4.69, 9.17) is 21.1 Å². The molecule has 1 aliphatic heterocycles. The molecule has 3 aromatic rings. The Morgan fingerprint density at radius 3 is 2.30 bits per heavy atom. The Labute approximate surface area is 243 Å². The summed E-state index contributed by atoms with van der Waals surface area (Å²) < 4.78 is 11.4. The number of aromatic nitrogens is 1. The lowest BCUT2D eigenvalue weighted by Gasteiger charge is -2.34. The molecule has 1 aromatic heterocycles. The summed E-state index contributed by atoms with van der Waals surface area (Å²) >= 11 is 5.97. The predicted octanol–water partition coefficient (Wildman–Crippen LogP) is 6.76. The maximum atomic E-state index is 12.2. The first-order chi connectivity index (χ1) is 19.1. The maximum absolute atomic E-state index is 12.2. The van der Waals surface area contributed by atoms with E-state index in [2.05, 4.69) is 21.7 Å². The third-order valence-electron chi connectivity index (χ3n) is 6.75. The molecular weight excluding hydrogens is 522 g/mol. The number of likely N-dealkylation sites (tertiary alicyclic amines) is 1. The van der Waals surface area contributed by atoms with Crippen LogP contribution in [0, 0.1) is 17.8 Å². The number of ether oxygens (including phenoxy) is 2. The van der Waals surface area contributed by atoms with Crippen LogP contribution < -0.4 is 4.74 Å². The first-order valence-electron chi connectivity index (χ1n) is 13.8. The van der Waals surface area contributed by atoms with Crippen molar-refractivity contribution in [2.45, 2.75) is 39.2 Å². The molecule has 0 spiro atoms. The normalized spacial score (nSPS) is 14.2. The summed E-state index contributed by atoms with van der Waals surface area (Å²) in [5, 5.41) is 0.717. The summed E-state index contributed by atoms with van der Waals surface area (Å²) in [6.45, 7) is 9.96. The fourth-order valence-electron chi connectivity index (χ4n) is 4.54. The van der Waals surface area contributed by atoms with Gasteiger partial charge in [0.2, 0.25) is 0 Å². The van der Waals surface area contributed by atoms with Crippen molar-refractivity contribution in [3.8, 4) is 28.7 Å². The van der Waals surface area contributed by atoms with Crippen molar-refractivity contribution in [3.63, 3.8) is 0 Å². The van der Waals surface area contributed by atoms with Gasteiger partial charge in [-0.15, -0.1) is 0 Å². The molecule has 0 unspecified atom stereocenters. The van der Waals surface area contributed by atoms with E-state index in [1.54, 1.807) is 4.90 Å². The van der Waals surface area contributed by atoms with Crippen molar-refractivity contribution in [1.29, 1.82) is 0 Å². The molecule has 7 heteroatoms. The lowest BCUT2D eigenvalue weighted by Crippen LogP contribution is -2.42. The lowest BCUT2D eigenvalue weighted by molar-refractivity contribution is 0.0248. The highest BCUT2D eigenvalue weighted by molar-refractivity contribution is 6.30. The van der Waals surface area contributed by atoms with Crippen LogP contribution in [-0.4, -0.2) is 66.3 Å². The van der Waals surface area contributed by atoms with Crippen LogP contribution in [0.3, 0.4) is 0 Å². The second-order valence-corrected chi connectivity index (χ2v) is 11.6. The zero-order valence-corrected chi connectivity index (χ0v) is 24.6. The maximum Gasteiger partial charge on any atom is 0.410 e. The molecule has 1 fully saturated rings. The zero-order chi connectivity index (χ0) is 28.5. The third kappa shape index (κ3) is 9.29. The molecule has 1 amide bonds. The molecular formula is C33H38ClN3O3. The Bertz CT molecular complexity index is 1300. The van der Waals surface area contributed by atoms with Crippen LogP contribution in [0.4, 0.5) is 4.79 Å². The number of amides is 1. The number of nitrogens with zero attached hydrogens (tertiary/aromatic N) is 3. The highest BCUT2D eigenvalue weighted by Gasteiger charge is 2.24. The smallest absolute Gasteiger partial charge is 0.410 e. The fraction of sp³-hybridized carbons (Fsp3) is 0.394. The first-order valence-corrected chi connectivity index (χ1v) is 14.2. The van der Waals surface area contributed by atoms with Crippen LogP contribution in [0.1, 0.15) is 44.9 Å². The van der Waals surface area contributed by atoms with Gasteiger partial charge in [-0.1, -0.05) is 35.7 Å². The quantitative estimate of drug-likeness (QED) is 0.299. The molecule has 1 aliphatic rings. The van der Waals surface area contributed by atoms with Crippen LogP contribution >= 0.6 is 11.6 Å². The van der Waals surface area contributed by atoms with Gasteiger partial charge in [0.15, 0.2) is 0 Å². The van der Waals surface area contributed by atoms with Crippen molar-refractivity contribution >= 4 is 17.7 Å². The summed E-state index contributed by atoms with van der Waals surface area (Å²) in [6.07, 6.45) is 3.72. The molecule has 0 N–H and O–H groups in total. The summed E-state index contributed by atoms with van der Waals surface area (Å²) in [4.78, 5) is 20.8. The topological polar surface area (TPSA) is 54.9 Å². The van der Waals surface area contributed by atoms with E-state index in [0.717, 1.165) is 67.2 Å². The number of carbonyl (C=O) groups is 1. The van der Waals surface area contributed by atoms with E-state index < -0.39 is 5.60 Å². The largest absolute Gasteiger partial charge is 0.492 e. The van der Waals surface area contributed by atoms with Crippen molar-refractivity contribution in [1.82, 2.24) is 14.8 Å². The minimum absolute atomic E-state index is 0.249. The van der Waals surface area contributed by atoms with Gasteiger partial charge in [0.25, 0.3) is 0 Å². The minimum Gasteiger partial charge on any atom is -0.492 e. The predicted molar refractivity (Wildman–Crippen MR) is 161 cm³/mol. The number of benzene rings is 2. The monoisotopic (exact) mass is 559 g/mol. The standard InChI is InChI=1S/C33H38ClN3O3/c1-33(2,3)40-32(38)36(4)24-26-17-19-37(20-18-26)21-22-39-31-15-6-25(7-16-31)5-13-30-14-10-28(23-35-30)27-8-11-29(34)12-9-27/h6-12,14-16,23,26H,17-22,24H2,1-4H3. The Morgan fingerprint density at radius 2 is 1.68 bits per heavy atom. The molecule has 40 heavy (non-hydrogen) atoms. The van der Waals surface area contributed by atoms with Gasteiger partial charge in [-0.25, -0.2) is 9.78 Å². The molecule has 0 aliphatic carbocycles. The van der Waals surface area contributed by atoms with Crippen molar-refractivity contribution in [2.75, 3.05) is 39.8 Å². The molecule has 4 rings (SSSR count). The summed E-state index contributed by atoms with van der Waals surface area (Å²) in [7, 11) is 1.82. The second-order valence-electron chi connectivity index (χ2n) is 11.2. The van der Waals surface area contributed by atoms with E-state index in [-0.39, 0.29) is 6.09 Å². The Hall–Kier alpha value is -3.53. The number of halogens is 1. The van der Waals surface area contributed by atoms with Gasteiger partial charge >= 0.3 is 6.09 Å². The van der Waals surface area contributed by atoms with E-state index in [1.807, 2.05) is 94.7 Å². The van der Waals surface area contributed by atoms with E-state index >= 15 is 0 Å². The van der Waals surface area contributed by atoms with Gasteiger partial charge in [0.05, 0.1) is 0 Å². The van der Waals surface area contributed by atoms with E-state index in [1.165, 1.54) is 0 Å². The van der Waals surface area contributed by atoms with Crippen LogP contribution in [0.2, 0.25) is 5.02 Å². The van der Waals surface area contributed by atoms with Crippen LogP contribution in [0.25, 0.3) is 11.1 Å². The molecule has 0 bridgehead atoms. The molecule has 0 saturated carbocycles. The molecule has 6 nitrogen and oxygen atoms in total. The average molecular weight is 560 g/mol. The van der Waals surface area contributed by atoms with Crippen LogP contribution in [-0.2, 0) is 4.74 Å². The summed E-state index contributed by atoms with van der Waals surface area (Å²) in [6, 6.07) is 19.5. The first kappa shape index (κ1) is 29.5. The molecule has 1 saturated heterocycles. The summed E-state index contributed by atoms with van der Waals surface area (Å²) in [5.41, 5.74) is 3.26. The average Bonchev–Trinajstić information content (AvgIpc) is 2.93. The number of carbonyl (C=O) groups excluding carboxylic acids is 1. The number of hydrogen-bond donors (Lipinski definition) is 0. The lowest BCUT2D eigenvalue weighted by atomic mass is 9.96. The van der Waals surface area contributed by atoms with Gasteiger partial charge < -0.3 is 14.4 Å². The van der Waals surface area contributed by atoms with Crippen molar-refractivity contribution in [3.05, 3.63) is 83.1 Å². The van der Waals surface area contributed by atoms with Gasteiger partial charge in [-0.05, 0) is 107 Å². The third-order valence-corrected chi connectivity index (χ3v) is 7.00. The van der Waals surface area contributed by atoms with Gasteiger partial charge in [-0.3, -0.25) is 4.90 Å². The summed E-state index contributed by atoms with van der Waals surface area (Å²) in [5.74, 6) is 7.64. The number of piperidine rings is 1. The molecule has 0 radical (unpaired) electrons. The highest BCUT2D eigenvalue weighted by Crippen LogP contribution is 2.21. The molecule has 2 heterocycles. The zero-order valence-electron chi connectivity index (χ0n) is 23.8. The van der Waals surface area contributed by atoms with Gasteiger partial charge in [0.1, 0.15) is 23.7 Å². The Morgan fingerprint density at radius 1 is 1.00 bits per heavy atom. The molecule has 210 valence electrons. The second kappa shape index (κ2) is 13.7. The van der Waals surface area contributed by atoms with E-state index in [0.29, 0.717) is 17.5 Å². The fourth-order valence-corrected chi connectivity index (χ4v) is 4.66. The van der Waals surface area contributed by atoms with Gasteiger partial charge in [0, 0.05) is 42.5 Å². The van der Waals surface area contributed by atoms with E-state index in [9.17, 15) is 4.79 Å². The number of hydrogen-bond acceptors (Lipinski definition) is 5. The molecule has 2 aromatic carbocycles. The van der Waals surface area contributed by atoms with Crippen molar-refractivity contribution in [2.24, 2.45) is 5.92 Å². The Balaban J connectivity index is 1.16. The highest BCUT2D eigenvalue weighted by atomic mass is 35.5. The van der Waals surface area contributed by atoms with Gasteiger partial charge in [-0.2, -0.15) is 0 Å². The SMILES string of the molecule is CN(CC1CCN(CCOc2ccc(C#Cc3ccc(-c4ccc(Cl)cc4)cn3)cc2)CC1)C(=O)OC(C)(C)C. The molecule has 0 atom stereocenters. The van der Waals surface area contributed by atoms with Crippen molar-refractivity contribution < 1.29 is 14.3 Å². The Kier molecular flexibility index (Phi) is 10.1. The van der Waals surface area contributed by atoms with Crippen LogP contribution in [0.5, 0.6) is 5.75 Å². The number of pyridine rings is 1.